The molecule has 7 heteroatoms. The first-order chi connectivity index (χ1) is 10.3. The maximum atomic E-state index is 11.8. The van der Waals surface area contributed by atoms with Gasteiger partial charge >= 0.3 is 0 Å². The third-order valence-corrected chi connectivity index (χ3v) is 3.60. The molecule has 1 atom stereocenters. The Bertz CT molecular complexity index is 666. The Morgan fingerprint density at radius 2 is 2.18 bits per heavy atom. The molecule has 2 aromatic rings. The van der Waals surface area contributed by atoms with Crippen LogP contribution in [-0.4, -0.2) is 50.5 Å². The van der Waals surface area contributed by atoms with E-state index in [2.05, 4.69) is 15.3 Å². The zero-order valence-corrected chi connectivity index (χ0v) is 12.6. The SMILES string of the molecule is CC(C)(CO)[C@@H](O)C(=O)NCCc1nc2c(O)cccc2[nH]1. The van der Waals surface area contributed by atoms with Crippen LogP contribution >= 0.6 is 0 Å². The smallest absolute Gasteiger partial charge is 0.249 e. The summed E-state index contributed by atoms with van der Waals surface area (Å²) in [6.07, 6.45) is -0.844. The summed E-state index contributed by atoms with van der Waals surface area (Å²) >= 11 is 0. The summed E-state index contributed by atoms with van der Waals surface area (Å²) in [7, 11) is 0. The van der Waals surface area contributed by atoms with Crippen LogP contribution in [0, 0.1) is 5.41 Å². The van der Waals surface area contributed by atoms with Gasteiger partial charge in [0, 0.05) is 18.4 Å². The monoisotopic (exact) mass is 307 g/mol. The molecule has 1 aromatic heterocycles. The highest BCUT2D eigenvalue weighted by Crippen LogP contribution is 2.22. The predicted octanol–water partition coefficient (Wildman–Crippen LogP) is 0.307. The van der Waals surface area contributed by atoms with Crippen LogP contribution in [-0.2, 0) is 11.2 Å². The van der Waals surface area contributed by atoms with Crippen molar-refractivity contribution in [1.82, 2.24) is 15.3 Å². The number of nitrogens with zero attached hydrogens (tertiary/aromatic N) is 1. The Labute approximate surface area is 128 Å². The summed E-state index contributed by atoms with van der Waals surface area (Å²) in [5.41, 5.74) is 0.322. The summed E-state index contributed by atoms with van der Waals surface area (Å²) in [5.74, 6) is 0.204. The Morgan fingerprint density at radius 1 is 1.45 bits per heavy atom. The number of hydrogen-bond donors (Lipinski definition) is 5. The fraction of sp³-hybridized carbons (Fsp3) is 0.467. The first kappa shape index (κ1) is 16.3. The van der Waals surface area contributed by atoms with Gasteiger partial charge in [0.2, 0.25) is 5.91 Å². The van der Waals surface area contributed by atoms with Gasteiger partial charge in [0.25, 0.3) is 0 Å². The minimum atomic E-state index is -1.28. The van der Waals surface area contributed by atoms with Gasteiger partial charge < -0.3 is 25.6 Å². The first-order valence-corrected chi connectivity index (χ1v) is 7.08. The summed E-state index contributed by atoms with van der Waals surface area (Å²) in [5, 5.41) is 31.3. The van der Waals surface area contributed by atoms with Crippen LogP contribution in [0.4, 0.5) is 0 Å². The van der Waals surface area contributed by atoms with Crippen LogP contribution in [0.1, 0.15) is 19.7 Å². The third-order valence-electron chi connectivity index (χ3n) is 3.60. The van der Waals surface area contributed by atoms with E-state index in [9.17, 15) is 15.0 Å². The van der Waals surface area contributed by atoms with Crippen molar-refractivity contribution in [2.75, 3.05) is 13.2 Å². The van der Waals surface area contributed by atoms with Crippen LogP contribution in [0.15, 0.2) is 18.2 Å². The van der Waals surface area contributed by atoms with Crippen LogP contribution < -0.4 is 5.32 Å². The average molecular weight is 307 g/mol. The second-order valence-corrected chi connectivity index (χ2v) is 5.95. The van der Waals surface area contributed by atoms with E-state index in [1.54, 1.807) is 32.0 Å². The number of aromatic amines is 1. The van der Waals surface area contributed by atoms with Crippen molar-refractivity contribution in [3.63, 3.8) is 0 Å². The number of amides is 1. The molecule has 1 heterocycles. The lowest BCUT2D eigenvalue weighted by atomic mass is 9.87. The second-order valence-electron chi connectivity index (χ2n) is 5.95. The van der Waals surface area contributed by atoms with E-state index >= 15 is 0 Å². The van der Waals surface area contributed by atoms with E-state index in [4.69, 9.17) is 5.11 Å². The molecule has 0 saturated carbocycles. The molecule has 0 bridgehead atoms. The largest absolute Gasteiger partial charge is 0.506 e. The highest BCUT2D eigenvalue weighted by molar-refractivity contribution is 5.82. The van der Waals surface area contributed by atoms with Crippen LogP contribution in [0.25, 0.3) is 11.0 Å². The number of aliphatic hydroxyl groups excluding tert-OH is 2. The zero-order valence-electron chi connectivity index (χ0n) is 12.6. The summed E-state index contributed by atoms with van der Waals surface area (Å²) in [4.78, 5) is 19.1. The molecule has 0 radical (unpaired) electrons. The normalized spacial score (nSPS) is 13.3. The number of phenols is 1. The molecule has 7 nitrogen and oxygen atoms in total. The Kier molecular flexibility index (Phi) is 4.68. The van der Waals surface area contributed by atoms with Crippen molar-refractivity contribution >= 4 is 16.9 Å². The van der Waals surface area contributed by atoms with E-state index < -0.39 is 17.4 Å². The number of hydrogen-bond acceptors (Lipinski definition) is 5. The van der Waals surface area contributed by atoms with E-state index in [1.807, 2.05) is 0 Å². The number of fused-ring (bicyclic) bond motifs is 1. The van der Waals surface area contributed by atoms with Crippen LogP contribution in [0.3, 0.4) is 0 Å². The summed E-state index contributed by atoms with van der Waals surface area (Å²) < 4.78 is 0. The number of H-pyrrole nitrogens is 1. The minimum Gasteiger partial charge on any atom is -0.506 e. The van der Waals surface area contributed by atoms with Crippen LogP contribution in [0.2, 0.25) is 0 Å². The number of carbonyl (C=O) groups is 1. The van der Waals surface area contributed by atoms with Crippen molar-refractivity contribution in [3.05, 3.63) is 24.0 Å². The standard InChI is InChI=1S/C15H21N3O4/c1-15(2,8-19)13(21)14(22)16-7-6-11-17-9-4-3-5-10(20)12(9)18-11/h3-5,13,19-21H,6-8H2,1-2H3,(H,16,22)(H,17,18)/t13-/m0/s1. The first-order valence-electron chi connectivity index (χ1n) is 7.08. The molecule has 2 rings (SSSR count). The van der Waals surface area contributed by atoms with Gasteiger partial charge in [-0.3, -0.25) is 4.79 Å². The number of aliphatic hydroxyl groups is 2. The molecule has 0 aliphatic rings. The van der Waals surface area contributed by atoms with E-state index in [0.29, 0.717) is 17.8 Å². The molecule has 1 aromatic carbocycles. The fourth-order valence-electron chi connectivity index (χ4n) is 2.03. The number of aromatic nitrogens is 2. The van der Waals surface area contributed by atoms with Gasteiger partial charge in [-0.15, -0.1) is 0 Å². The number of para-hydroxylation sites is 1. The van der Waals surface area contributed by atoms with E-state index in [-0.39, 0.29) is 18.9 Å². The number of phenolic OH excluding ortho intramolecular Hbond substituents is 1. The number of aromatic hydroxyl groups is 1. The molecule has 5 N–H and O–H groups in total. The lowest BCUT2D eigenvalue weighted by molar-refractivity contribution is -0.137. The van der Waals surface area contributed by atoms with Gasteiger partial charge in [-0.1, -0.05) is 19.9 Å². The van der Waals surface area contributed by atoms with Gasteiger partial charge in [-0.2, -0.15) is 0 Å². The number of carbonyl (C=O) groups excluding carboxylic acids is 1. The highest BCUT2D eigenvalue weighted by Gasteiger charge is 2.32. The lowest BCUT2D eigenvalue weighted by Crippen LogP contribution is -2.46. The van der Waals surface area contributed by atoms with Gasteiger partial charge in [0.15, 0.2) is 0 Å². The molecule has 0 saturated heterocycles. The zero-order chi connectivity index (χ0) is 16.3. The fourth-order valence-corrected chi connectivity index (χ4v) is 2.03. The summed E-state index contributed by atoms with van der Waals surface area (Å²) in [6, 6.07) is 5.08. The van der Waals surface area contributed by atoms with Crippen molar-refractivity contribution in [1.29, 1.82) is 0 Å². The van der Waals surface area contributed by atoms with Crippen molar-refractivity contribution in [2.24, 2.45) is 5.41 Å². The maximum absolute atomic E-state index is 11.8. The minimum absolute atomic E-state index is 0.101. The molecule has 0 aliphatic carbocycles. The molecule has 0 aliphatic heterocycles. The number of nitrogens with one attached hydrogen (secondary N) is 2. The molecule has 120 valence electrons. The Morgan fingerprint density at radius 3 is 2.82 bits per heavy atom. The van der Waals surface area contributed by atoms with E-state index in [1.165, 1.54) is 0 Å². The number of imidazole rings is 1. The second kappa shape index (κ2) is 6.33. The molecule has 0 unspecified atom stereocenters. The van der Waals surface area contributed by atoms with Gasteiger partial charge in [-0.05, 0) is 12.1 Å². The van der Waals surface area contributed by atoms with Crippen molar-refractivity contribution in [2.45, 2.75) is 26.4 Å². The number of benzene rings is 1. The maximum Gasteiger partial charge on any atom is 0.249 e. The predicted molar refractivity (Wildman–Crippen MR) is 81.3 cm³/mol. The highest BCUT2D eigenvalue weighted by atomic mass is 16.3. The van der Waals surface area contributed by atoms with Crippen molar-refractivity contribution in [3.8, 4) is 5.75 Å². The lowest BCUT2D eigenvalue weighted by Gasteiger charge is -2.27. The van der Waals surface area contributed by atoms with Gasteiger partial charge in [0.1, 0.15) is 23.2 Å². The molecule has 0 spiro atoms. The average Bonchev–Trinajstić information content (AvgIpc) is 2.90. The molecular formula is C15H21N3O4. The van der Waals surface area contributed by atoms with E-state index in [0.717, 1.165) is 5.52 Å². The van der Waals surface area contributed by atoms with Crippen molar-refractivity contribution < 1.29 is 20.1 Å². The molecular weight excluding hydrogens is 286 g/mol. The van der Waals surface area contributed by atoms with Gasteiger partial charge in [0.05, 0.1) is 12.1 Å². The van der Waals surface area contributed by atoms with Gasteiger partial charge in [-0.25, -0.2) is 4.98 Å². The summed E-state index contributed by atoms with van der Waals surface area (Å²) in [6.45, 7) is 3.22. The van der Waals surface area contributed by atoms with Crippen LogP contribution in [0.5, 0.6) is 5.75 Å². The Balaban J connectivity index is 1.93. The third kappa shape index (κ3) is 3.37. The Hall–Kier alpha value is -2.12. The molecule has 22 heavy (non-hydrogen) atoms. The topological polar surface area (TPSA) is 118 Å². The quantitative estimate of drug-likeness (QED) is 0.526. The molecule has 1 amide bonds. The molecule has 0 fully saturated rings. The number of rotatable bonds is 6.